The molecule has 2 N–H and O–H groups in total. The van der Waals surface area contributed by atoms with E-state index >= 15 is 0 Å². The minimum Gasteiger partial charge on any atom is -0.338 e. The average molecular weight is 361 g/mol. The first-order valence-corrected chi connectivity index (χ1v) is 7.29. The van der Waals surface area contributed by atoms with Gasteiger partial charge in [-0.3, -0.25) is 0 Å². The summed E-state index contributed by atoms with van der Waals surface area (Å²) in [6, 6.07) is 8.33. The second kappa shape index (κ2) is 7.53. The molecule has 2 amide bonds. The molecule has 0 spiro atoms. The second-order valence-electron chi connectivity index (χ2n) is 4.95. The summed E-state index contributed by atoms with van der Waals surface area (Å²) in [7, 11) is 0. The molecule has 0 aromatic heterocycles. The normalized spacial score (nSPS) is 11.2. The topological polar surface area (TPSA) is 41.1 Å². The monoisotopic (exact) mass is 360 g/mol. The highest BCUT2D eigenvalue weighted by atomic mass is 35.5. The van der Waals surface area contributed by atoms with Crippen molar-refractivity contribution >= 4 is 23.3 Å². The summed E-state index contributed by atoms with van der Waals surface area (Å²) in [5.41, 5.74) is -0.363. The zero-order valence-electron chi connectivity index (χ0n) is 12.3. The van der Waals surface area contributed by atoms with Crippen molar-refractivity contribution < 1.29 is 22.4 Å². The molecule has 3 nitrogen and oxygen atoms in total. The van der Waals surface area contributed by atoms with E-state index in [1.165, 1.54) is 18.2 Å². The molecule has 128 valence electrons. The quantitative estimate of drug-likeness (QED) is 0.751. The number of benzene rings is 2. The Labute approximate surface area is 140 Å². The number of carbonyl (C=O) groups is 1. The minimum absolute atomic E-state index is 0.0324. The molecular formula is C16H13ClF4N2O. The van der Waals surface area contributed by atoms with Gasteiger partial charge in [0.15, 0.2) is 0 Å². The third-order valence-corrected chi connectivity index (χ3v) is 3.45. The zero-order valence-corrected chi connectivity index (χ0v) is 13.0. The fourth-order valence-corrected chi connectivity index (χ4v) is 2.23. The van der Waals surface area contributed by atoms with Gasteiger partial charge in [-0.2, -0.15) is 13.2 Å². The zero-order chi connectivity index (χ0) is 17.7. The van der Waals surface area contributed by atoms with Crippen LogP contribution in [0.2, 0.25) is 5.02 Å². The highest BCUT2D eigenvalue weighted by molar-refractivity contribution is 6.31. The van der Waals surface area contributed by atoms with Gasteiger partial charge in [-0.15, -0.1) is 0 Å². The molecular weight excluding hydrogens is 348 g/mol. The van der Waals surface area contributed by atoms with Crippen molar-refractivity contribution in [1.82, 2.24) is 5.32 Å². The van der Waals surface area contributed by atoms with Crippen LogP contribution in [0.25, 0.3) is 0 Å². The lowest BCUT2D eigenvalue weighted by atomic mass is 10.1. The van der Waals surface area contributed by atoms with Crippen LogP contribution in [0.5, 0.6) is 0 Å². The van der Waals surface area contributed by atoms with Crippen molar-refractivity contribution in [3.8, 4) is 0 Å². The highest BCUT2D eigenvalue weighted by Crippen LogP contribution is 2.36. The SMILES string of the molecule is O=C(NCCc1cccc(F)c1)Nc1ccc(Cl)c(C(F)(F)F)c1. The van der Waals surface area contributed by atoms with Crippen LogP contribution in [0.4, 0.5) is 28.0 Å². The number of anilines is 1. The third-order valence-electron chi connectivity index (χ3n) is 3.12. The summed E-state index contributed by atoms with van der Waals surface area (Å²) < 4.78 is 51.2. The number of rotatable bonds is 4. The molecule has 0 unspecified atom stereocenters. The van der Waals surface area contributed by atoms with Crippen molar-refractivity contribution in [1.29, 1.82) is 0 Å². The van der Waals surface area contributed by atoms with Gasteiger partial charge in [0.2, 0.25) is 0 Å². The smallest absolute Gasteiger partial charge is 0.338 e. The van der Waals surface area contributed by atoms with Crippen LogP contribution in [0.1, 0.15) is 11.1 Å². The summed E-state index contributed by atoms with van der Waals surface area (Å²) >= 11 is 5.50. The van der Waals surface area contributed by atoms with Crippen LogP contribution in [0.3, 0.4) is 0 Å². The Hall–Kier alpha value is -2.28. The lowest BCUT2D eigenvalue weighted by Crippen LogP contribution is -2.30. The van der Waals surface area contributed by atoms with E-state index in [2.05, 4.69) is 10.6 Å². The summed E-state index contributed by atoms with van der Waals surface area (Å²) in [6.07, 6.45) is -4.22. The molecule has 0 heterocycles. The molecule has 2 rings (SSSR count). The van der Waals surface area contributed by atoms with Gasteiger partial charge in [0.1, 0.15) is 5.82 Å². The Bertz CT molecular complexity index is 734. The maximum Gasteiger partial charge on any atom is 0.417 e. The van der Waals surface area contributed by atoms with E-state index in [-0.39, 0.29) is 18.0 Å². The van der Waals surface area contributed by atoms with Gasteiger partial charge in [0, 0.05) is 12.2 Å². The Balaban J connectivity index is 1.91. The fourth-order valence-electron chi connectivity index (χ4n) is 2.01. The molecule has 0 radical (unpaired) electrons. The number of nitrogens with one attached hydrogen (secondary N) is 2. The molecule has 0 aliphatic carbocycles. The molecule has 0 aliphatic rings. The van der Waals surface area contributed by atoms with Crippen molar-refractivity contribution in [2.45, 2.75) is 12.6 Å². The maximum atomic E-state index is 13.0. The first-order chi connectivity index (χ1) is 11.3. The van der Waals surface area contributed by atoms with Gasteiger partial charge in [0.25, 0.3) is 0 Å². The first-order valence-electron chi connectivity index (χ1n) is 6.92. The van der Waals surface area contributed by atoms with Crippen LogP contribution in [0, 0.1) is 5.82 Å². The van der Waals surface area contributed by atoms with Gasteiger partial charge in [-0.05, 0) is 42.3 Å². The number of amides is 2. The molecule has 0 aliphatic heterocycles. The number of halogens is 5. The van der Waals surface area contributed by atoms with Crippen molar-refractivity contribution in [2.75, 3.05) is 11.9 Å². The van der Waals surface area contributed by atoms with E-state index in [1.807, 2.05) is 0 Å². The predicted octanol–water partition coefficient (Wildman–Crippen LogP) is 4.86. The Morgan fingerprint density at radius 3 is 2.54 bits per heavy atom. The van der Waals surface area contributed by atoms with Crippen LogP contribution in [-0.4, -0.2) is 12.6 Å². The molecule has 0 atom stereocenters. The molecule has 0 fully saturated rings. The lowest BCUT2D eigenvalue weighted by molar-refractivity contribution is -0.137. The molecule has 0 saturated carbocycles. The standard InChI is InChI=1S/C16H13ClF4N2O/c17-14-5-4-12(9-13(14)16(19,20)21)23-15(24)22-7-6-10-2-1-3-11(18)8-10/h1-5,8-9H,6-7H2,(H2,22,23,24). The fraction of sp³-hybridized carbons (Fsp3) is 0.188. The summed E-state index contributed by atoms with van der Waals surface area (Å²) in [5.74, 6) is -0.377. The first kappa shape index (κ1) is 18.1. The van der Waals surface area contributed by atoms with Crippen LogP contribution < -0.4 is 10.6 Å². The maximum absolute atomic E-state index is 13.0. The molecule has 2 aromatic carbocycles. The van der Waals surface area contributed by atoms with E-state index in [0.717, 1.165) is 12.1 Å². The Morgan fingerprint density at radius 2 is 1.88 bits per heavy atom. The molecule has 0 bridgehead atoms. The number of urea groups is 1. The van der Waals surface area contributed by atoms with Gasteiger partial charge in [-0.25, -0.2) is 9.18 Å². The van der Waals surface area contributed by atoms with E-state index in [9.17, 15) is 22.4 Å². The highest BCUT2D eigenvalue weighted by Gasteiger charge is 2.33. The summed E-state index contributed by atoms with van der Waals surface area (Å²) in [6.45, 7) is 0.203. The second-order valence-corrected chi connectivity index (χ2v) is 5.36. The lowest BCUT2D eigenvalue weighted by Gasteiger charge is -2.12. The van der Waals surface area contributed by atoms with Crippen LogP contribution in [0.15, 0.2) is 42.5 Å². The molecule has 8 heteroatoms. The summed E-state index contributed by atoms with van der Waals surface area (Å²) in [5, 5.41) is 4.34. The van der Waals surface area contributed by atoms with E-state index < -0.39 is 22.8 Å². The Kier molecular flexibility index (Phi) is 5.66. The molecule has 24 heavy (non-hydrogen) atoms. The number of carbonyl (C=O) groups excluding carboxylic acids is 1. The Morgan fingerprint density at radius 1 is 1.12 bits per heavy atom. The van der Waals surface area contributed by atoms with Crippen molar-refractivity contribution in [3.63, 3.8) is 0 Å². The third kappa shape index (κ3) is 5.13. The predicted molar refractivity (Wildman–Crippen MR) is 83.6 cm³/mol. The van der Waals surface area contributed by atoms with Crippen molar-refractivity contribution in [2.24, 2.45) is 0 Å². The number of hydrogen-bond donors (Lipinski definition) is 2. The van der Waals surface area contributed by atoms with E-state index in [1.54, 1.807) is 12.1 Å². The van der Waals surface area contributed by atoms with E-state index in [0.29, 0.717) is 12.0 Å². The van der Waals surface area contributed by atoms with E-state index in [4.69, 9.17) is 11.6 Å². The van der Waals surface area contributed by atoms with Crippen molar-refractivity contribution in [3.05, 3.63) is 64.4 Å². The number of alkyl halides is 3. The molecule has 2 aromatic rings. The summed E-state index contributed by atoms with van der Waals surface area (Å²) in [4.78, 5) is 11.7. The largest absolute Gasteiger partial charge is 0.417 e. The number of hydrogen-bond acceptors (Lipinski definition) is 1. The molecule has 0 saturated heterocycles. The van der Waals surface area contributed by atoms with Gasteiger partial charge < -0.3 is 10.6 Å². The van der Waals surface area contributed by atoms with Gasteiger partial charge in [0.05, 0.1) is 10.6 Å². The van der Waals surface area contributed by atoms with Crippen LogP contribution >= 0.6 is 11.6 Å². The van der Waals surface area contributed by atoms with Gasteiger partial charge in [-0.1, -0.05) is 23.7 Å². The van der Waals surface area contributed by atoms with Crippen LogP contribution in [-0.2, 0) is 12.6 Å². The minimum atomic E-state index is -4.61. The van der Waals surface area contributed by atoms with Gasteiger partial charge >= 0.3 is 12.2 Å². The average Bonchev–Trinajstić information content (AvgIpc) is 2.48.